The first kappa shape index (κ1) is 15.3. The molecule has 0 aliphatic carbocycles. The first-order valence-corrected chi connectivity index (χ1v) is 7.50. The van der Waals surface area contributed by atoms with Crippen molar-refractivity contribution in [3.05, 3.63) is 48.6 Å². The fourth-order valence-corrected chi connectivity index (χ4v) is 2.95. The number of hydrogen-bond acceptors (Lipinski definition) is 4. The molecule has 0 spiro atoms. The lowest BCUT2D eigenvalue weighted by Gasteiger charge is -2.14. The summed E-state index contributed by atoms with van der Waals surface area (Å²) in [5, 5.41) is 12.3. The molecule has 2 atom stereocenters. The highest BCUT2D eigenvalue weighted by Gasteiger charge is 2.28. The van der Waals surface area contributed by atoms with Gasteiger partial charge in [0.05, 0.1) is 5.04 Å². The molecule has 1 aliphatic heterocycles. The molecule has 1 aromatic rings. The third-order valence-corrected chi connectivity index (χ3v) is 4.09. The fourth-order valence-electron chi connectivity index (χ4n) is 1.90. The number of nitrogens with one attached hydrogen (secondary N) is 1. The van der Waals surface area contributed by atoms with Gasteiger partial charge in [0.15, 0.2) is 0 Å². The zero-order valence-corrected chi connectivity index (χ0v) is 12.2. The van der Waals surface area contributed by atoms with Gasteiger partial charge in [-0.15, -0.1) is 18.3 Å². The van der Waals surface area contributed by atoms with Crippen LogP contribution < -0.4 is 5.32 Å². The van der Waals surface area contributed by atoms with Crippen molar-refractivity contribution in [2.24, 2.45) is 4.99 Å². The van der Waals surface area contributed by atoms with E-state index in [4.69, 9.17) is 5.11 Å². The molecule has 21 heavy (non-hydrogen) atoms. The number of aliphatic imine (C=N–C) groups is 1. The van der Waals surface area contributed by atoms with Crippen molar-refractivity contribution >= 4 is 28.7 Å². The van der Waals surface area contributed by atoms with E-state index in [1.807, 2.05) is 30.3 Å². The van der Waals surface area contributed by atoms with Gasteiger partial charge in [0.2, 0.25) is 5.91 Å². The van der Waals surface area contributed by atoms with E-state index in [-0.39, 0.29) is 12.3 Å². The Morgan fingerprint density at radius 2 is 2.19 bits per heavy atom. The maximum absolute atomic E-state index is 12.1. The largest absolute Gasteiger partial charge is 0.480 e. The Hall–Kier alpha value is -2.08. The minimum atomic E-state index is -1.07. The van der Waals surface area contributed by atoms with E-state index in [0.717, 1.165) is 10.6 Å². The molecule has 0 saturated carbocycles. The highest BCUT2D eigenvalue weighted by atomic mass is 32.2. The summed E-state index contributed by atoms with van der Waals surface area (Å²) in [6, 6.07) is 8.12. The van der Waals surface area contributed by atoms with Crippen molar-refractivity contribution < 1.29 is 14.7 Å². The van der Waals surface area contributed by atoms with Crippen LogP contribution in [-0.2, 0) is 9.59 Å². The Balaban J connectivity index is 2.03. The van der Waals surface area contributed by atoms with Crippen molar-refractivity contribution in [2.75, 3.05) is 5.75 Å². The second kappa shape index (κ2) is 7.08. The van der Waals surface area contributed by atoms with Crippen LogP contribution in [-0.4, -0.2) is 39.9 Å². The van der Waals surface area contributed by atoms with E-state index in [1.165, 1.54) is 17.8 Å². The molecule has 0 bridgehead atoms. The van der Waals surface area contributed by atoms with Gasteiger partial charge in [0.1, 0.15) is 12.1 Å². The van der Waals surface area contributed by atoms with Gasteiger partial charge in [-0.3, -0.25) is 9.79 Å². The lowest BCUT2D eigenvalue weighted by molar-refractivity contribution is -0.141. The van der Waals surface area contributed by atoms with Crippen LogP contribution in [0.5, 0.6) is 0 Å². The molecule has 2 unspecified atom stereocenters. The number of aliphatic carboxylic acids is 1. The minimum absolute atomic E-state index is 0.191. The maximum atomic E-state index is 12.1. The van der Waals surface area contributed by atoms with Gasteiger partial charge in [0.25, 0.3) is 0 Å². The first-order valence-electron chi connectivity index (χ1n) is 6.52. The minimum Gasteiger partial charge on any atom is -0.480 e. The van der Waals surface area contributed by atoms with Crippen molar-refractivity contribution in [3.8, 4) is 0 Å². The smallest absolute Gasteiger partial charge is 0.326 e. The molecule has 2 rings (SSSR count). The Morgan fingerprint density at radius 1 is 1.48 bits per heavy atom. The Labute approximate surface area is 127 Å². The van der Waals surface area contributed by atoms with Crippen LogP contribution in [0.1, 0.15) is 12.0 Å². The van der Waals surface area contributed by atoms with E-state index >= 15 is 0 Å². The normalized spacial score (nSPS) is 18.7. The summed E-state index contributed by atoms with van der Waals surface area (Å²) in [6.07, 6.45) is 1.66. The Kier molecular flexibility index (Phi) is 5.16. The number of thioether (sulfide) groups is 1. The summed E-state index contributed by atoms with van der Waals surface area (Å²) in [5.41, 5.74) is 0.971. The molecule has 6 heteroatoms. The zero-order chi connectivity index (χ0) is 15.2. The average Bonchev–Trinajstić information content (AvgIpc) is 2.97. The van der Waals surface area contributed by atoms with Gasteiger partial charge < -0.3 is 10.4 Å². The van der Waals surface area contributed by atoms with Crippen LogP contribution in [0.15, 0.2) is 48.0 Å². The van der Waals surface area contributed by atoms with Gasteiger partial charge in [-0.05, 0) is 6.42 Å². The summed E-state index contributed by atoms with van der Waals surface area (Å²) < 4.78 is 0. The zero-order valence-electron chi connectivity index (χ0n) is 11.4. The molecule has 0 saturated heterocycles. The molecule has 1 amide bonds. The molecule has 0 fully saturated rings. The Morgan fingerprint density at radius 3 is 2.81 bits per heavy atom. The number of rotatable bonds is 6. The Bertz CT molecular complexity index is 572. The van der Waals surface area contributed by atoms with Crippen molar-refractivity contribution in [3.63, 3.8) is 0 Å². The second-order valence-electron chi connectivity index (χ2n) is 4.55. The number of carbonyl (C=O) groups is 2. The molecule has 1 aliphatic rings. The standard InChI is InChI=1S/C15H16N2O3S/c1-2-6-11(15(19)20)16-13(18)12-9-21-14(17-12)10-7-4-3-5-8-10/h2-5,7-8,11-12H,1,6,9H2,(H,16,18)(H,19,20). The molecule has 2 N–H and O–H groups in total. The summed E-state index contributed by atoms with van der Waals surface area (Å²) in [4.78, 5) is 27.5. The maximum Gasteiger partial charge on any atom is 0.326 e. The van der Waals surface area contributed by atoms with Crippen molar-refractivity contribution in [1.82, 2.24) is 5.32 Å². The quantitative estimate of drug-likeness (QED) is 0.784. The van der Waals surface area contributed by atoms with Crippen molar-refractivity contribution in [2.45, 2.75) is 18.5 Å². The first-order chi connectivity index (χ1) is 10.1. The van der Waals surface area contributed by atoms with E-state index in [9.17, 15) is 9.59 Å². The fraction of sp³-hybridized carbons (Fsp3) is 0.267. The topological polar surface area (TPSA) is 78.8 Å². The summed E-state index contributed by atoms with van der Waals surface area (Å²) >= 11 is 1.50. The highest BCUT2D eigenvalue weighted by molar-refractivity contribution is 8.14. The summed E-state index contributed by atoms with van der Waals surface area (Å²) in [5.74, 6) is -0.903. The van der Waals surface area contributed by atoms with Crippen LogP contribution in [0.3, 0.4) is 0 Å². The van der Waals surface area contributed by atoms with Crippen LogP contribution in [0.4, 0.5) is 0 Å². The van der Waals surface area contributed by atoms with Gasteiger partial charge in [0, 0.05) is 11.3 Å². The second-order valence-corrected chi connectivity index (χ2v) is 5.56. The van der Waals surface area contributed by atoms with Crippen LogP contribution in [0.2, 0.25) is 0 Å². The van der Waals surface area contributed by atoms with Crippen LogP contribution in [0.25, 0.3) is 0 Å². The van der Waals surface area contributed by atoms with E-state index in [0.29, 0.717) is 5.75 Å². The molecule has 1 aromatic carbocycles. The molecule has 0 radical (unpaired) electrons. The third kappa shape index (κ3) is 3.95. The molecule has 5 nitrogen and oxygen atoms in total. The number of amides is 1. The number of carboxylic acid groups (broad SMARTS) is 1. The number of hydrogen-bond donors (Lipinski definition) is 2. The van der Waals surface area contributed by atoms with Gasteiger partial charge in [-0.25, -0.2) is 4.79 Å². The summed E-state index contributed by atoms with van der Waals surface area (Å²) in [7, 11) is 0. The van der Waals surface area contributed by atoms with Gasteiger partial charge in [-0.1, -0.05) is 36.4 Å². The third-order valence-electron chi connectivity index (χ3n) is 2.99. The lowest BCUT2D eigenvalue weighted by Crippen LogP contribution is -2.45. The SMILES string of the molecule is C=CCC(NC(=O)C1CSC(c2ccccc2)=N1)C(=O)O. The average molecular weight is 304 g/mol. The molecule has 1 heterocycles. The van der Waals surface area contributed by atoms with Crippen molar-refractivity contribution in [1.29, 1.82) is 0 Å². The van der Waals surface area contributed by atoms with E-state index in [1.54, 1.807) is 0 Å². The number of benzene rings is 1. The molecular formula is C15H16N2O3S. The molecule has 0 aromatic heterocycles. The van der Waals surface area contributed by atoms with E-state index in [2.05, 4.69) is 16.9 Å². The molecule has 110 valence electrons. The van der Waals surface area contributed by atoms with Gasteiger partial charge >= 0.3 is 5.97 Å². The number of carbonyl (C=O) groups excluding carboxylic acids is 1. The highest BCUT2D eigenvalue weighted by Crippen LogP contribution is 2.23. The molecular weight excluding hydrogens is 288 g/mol. The monoisotopic (exact) mass is 304 g/mol. The van der Waals surface area contributed by atoms with Gasteiger partial charge in [-0.2, -0.15) is 0 Å². The lowest BCUT2D eigenvalue weighted by atomic mass is 10.2. The predicted molar refractivity (Wildman–Crippen MR) is 83.6 cm³/mol. The van der Waals surface area contributed by atoms with Crippen LogP contribution >= 0.6 is 11.8 Å². The van der Waals surface area contributed by atoms with E-state index < -0.39 is 18.1 Å². The van der Waals surface area contributed by atoms with Crippen LogP contribution in [0, 0.1) is 0 Å². The predicted octanol–water partition coefficient (Wildman–Crippen LogP) is 1.69. The number of carboxylic acids is 1. The summed E-state index contributed by atoms with van der Waals surface area (Å²) in [6.45, 7) is 3.49. The number of nitrogens with zero attached hydrogens (tertiary/aromatic N) is 1.